The fraction of sp³-hybridized carbons (Fsp3) is 0.263. The van der Waals surface area contributed by atoms with E-state index in [-0.39, 0.29) is 24.8 Å². The van der Waals surface area contributed by atoms with E-state index in [1.165, 1.54) is 15.9 Å². The molecule has 0 bridgehead atoms. The second kappa shape index (κ2) is 8.49. The van der Waals surface area contributed by atoms with Crippen molar-refractivity contribution in [1.82, 2.24) is 9.88 Å². The average Bonchev–Trinajstić information content (AvgIpc) is 3.19. The van der Waals surface area contributed by atoms with Crippen molar-refractivity contribution in [1.29, 1.82) is 0 Å². The SMILES string of the molecule is CC(C(=O)NCCCC(=O)O)n1c(O)c(/C=C2\C=Nc3ccccc32)sc1=S. The van der Waals surface area contributed by atoms with E-state index < -0.39 is 12.0 Å². The Labute approximate surface area is 170 Å². The van der Waals surface area contributed by atoms with E-state index in [4.69, 9.17) is 17.3 Å². The molecule has 0 spiro atoms. The molecule has 0 saturated carbocycles. The number of nitrogens with one attached hydrogen (secondary N) is 1. The predicted molar refractivity (Wildman–Crippen MR) is 112 cm³/mol. The number of aliphatic carboxylic acids is 1. The van der Waals surface area contributed by atoms with Gasteiger partial charge in [0, 0.05) is 30.3 Å². The van der Waals surface area contributed by atoms with Crippen LogP contribution >= 0.6 is 23.6 Å². The number of carboxylic acids is 1. The predicted octanol–water partition coefficient (Wildman–Crippen LogP) is 3.78. The molecule has 1 amide bonds. The number of rotatable bonds is 7. The Kier molecular flexibility index (Phi) is 6.05. The number of carbonyl (C=O) groups is 2. The highest BCUT2D eigenvalue weighted by Gasteiger charge is 2.22. The number of nitrogens with zero attached hydrogens (tertiary/aromatic N) is 2. The van der Waals surface area contributed by atoms with Gasteiger partial charge in [0.05, 0.1) is 10.6 Å². The van der Waals surface area contributed by atoms with Crippen LogP contribution in [0.2, 0.25) is 0 Å². The number of fused-ring (bicyclic) bond motifs is 1. The number of benzene rings is 1. The minimum absolute atomic E-state index is 0.0153. The van der Waals surface area contributed by atoms with Gasteiger partial charge in [0.25, 0.3) is 0 Å². The fourth-order valence-electron chi connectivity index (χ4n) is 2.84. The Morgan fingerprint density at radius 1 is 1.39 bits per heavy atom. The third kappa shape index (κ3) is 4.20. The molecule has 3 N–H and O–H groups in total. The fourth-order valence-corrected chi connectivity index (χ4v) is 4.26. The number of carboxylic acid groups (broad SMARTS) is 1. The van der Waals surface area contributed by atoms with Crippen molar-refractivity contribution >= 4 is 59.0 Å². The Hall–Kier alpha value is -2.78. The lowest BCUT2D eigenvalue weighted by molar-refractivity contribution is -0.137. The summed E-state index contributed by atoms with van der Waals surface area (Å²) in [6, 6.07) is 6.98. The third-order valence-electron chi connectivity index (χ3n) is 4.32. The summed E-state index contributed by atoms with van der Waals surface area (Å²) in [5.41, 5.74) is 2.70. The molecular weight excluding hydrogens is 398 g/mol. The number of allylic oxidation sites excluding steroid dienone is 1. The number of amides is 1. The molecule has 0 fully saturated rings. The van der Waals surface area contributed by atoms with Crippen LogP contribution in [0, 0.1) is 3.95 Å². The van der Waals surface area contributed by atoms with Gasteiger partial charge >= 0.3 is 5.97 Å². The molecule has 1 aliphatic rings. The van der Waals surface area contributed by atoms with Crippen molar-refractivity contribution < 1.29 is 19.8 Å². The highest BCUT2D eigenvalue weighted by atomic mass is 32.1. The molecule has 3 rings (SSSR count). The summed E-state index contributed by atoms with van der Waals surface area (Å²) >= 11 is 6.56. The van der Waals surface area contributed by atoms with Crippen molar-refractivity contribution in [2.45, 2.75) is 25.8 Å². The number of hydrogen-bond acceptors (Lipinski definition) is 6. The minimum atomic E-state index is -0.908. The van der Waals surface area contributed by atoms with E-state index >= 15 is 0 Å². The highest BCUT2D eigenvalue weighted by molar-refractivity contribution is 7.73. The largest absolute Gasteiger partial charge is 0.493 e. The lowest BCUT2D eigenvalue weighted by Crippen LogP contribution is -2.31. The lowest BCUT2D eigenvalue weighted by atomic mass is 10.1. The molecule has 0 aliphatic carbocycles. The number of aliphatic imine (C=N–C) groups is 1. The van der Waals surface area contributed by atoms with Gasteiger partial charge in [-0.25, -0.2) is 0 Å². The van der Waals surface area contributed by atoms with Gasteiger partial charge in [-0.05, 0) is 37.7 Å². The smallest absolute Gasteiger partial charge is 0.303 e. The van der Waals surface area contributed by atoms with Gasteiger partial charge in [-0.1, -0.05) is 18.2 Å². The molecule has 0 saturated heterocycles. The molecule has 146 valence electrons. The van der Waals surface area contributed by atoms with Crippen LogP contribution < -0.4 is 5.32 Å². The van der Waals surface area contributed by atoms with E-state index in [0.717, 1.165) is 16.8 Å². The maximum atomic E-state index is 12.3. The zero-order chi connectivity index (χ0) is 20.3. The van der Waals surface area contributed by atoms with Crippen LogP contribution in [0.5, 0.6) is 5.88 Å². The second-order valence-electron chi connectivity index (χ2n) is 6.27. The normalized spacial score (nSPS) is 14.8. The lowest BCUT2D eigenvalue weighted by Gasteiger charge is -2.14. The molecule has 1 aliphatic heterocycles. The zero-order valence-electron chi connectivity index (χ0n) is 15.1. The summed E-state index contributed by atoms with van der Waals surface area (Å²) < 4.78 is 1.78. The molecule has 1 unspecified atom stereocenters. The van der Waals surface area contributed by atoms with E-state index in [1.54, 1.807) is 19.2 Å². The minimum Gasteiger partial charge on any atom is -0.493 e. The van der Waals surface area contributed by atoms with E-state index in [2.05, 4.69) is 10.3 Å². The number of para-hydroxylation sites is 1. The number of carbonyl (C=O) groups excluding carboxylic acids is 1. The van der Waals surface area contributed by atoms with Crippen LogP contribution in [0.4, 0.5) is 5.69 Å². The van der Waals surface area contributed by atoms with E-state index in [0.29, 0.717) is 15.3 Å². The summed E-state index contributed by atoms with van der Waals surface area (Å²) in [7, 11) is 0. The van der Waals surface area contributed by atoms with Gasteiger partial charge in [0.1, 0.15) is 6.04 Å². The number of thiazole rings is 1. The molecule has 1 atom stereocenters. The Bertz CT molecular complexity index is 1040. The third-order valence-corrected chi connectivity index (χ3v) is 5.66. The van der Waals surface area contributed by atoms with E-state index in [9.17, 15) is 14.7 Å². The van der Waals surface area contributed by atoms with Gasteiger partial charge in [0.2, 0.25) is 11.8 Å². The first kappa shape index (κ1) is 20.0. The topological polar surface area (TPSA) is 104 Å². The van der Waals surface area contributed by atoms with E-state index in [1.807, 2.05) is 24.3 Å². The Balaban J connectivity index is 1.78. The molecule has 9 heteroatoms. The first-order valence-electron chi connectivity index (χ1n) is 8.67. The Morgan fingerprint density at radius 3 is 2.89 bits per heavy atom. The van der Waals surface area contributed by atoms with Crippen molar-refractivity contribution in [3.8, 4) is 5.88 Å². The quantitative estimate of drug-likeness (QED) is 0.470. The molecule has 2 heterocycles. The van der Waals surface area contributed by atoms with Gasteiger partial charge in [-0.15, -0.1) is 11.3 Å². The van der Waals surface area contributed by atoms with Crippen LogP contribution in [0.3, 0.4) is 0 Å². The number of aromatic hydroxyl groups is 1. The summed E-state index contributed by atoms with van der Waals surface area (Å²) in [4.78, 5) is 27.8. The molecule has 1 aromatic carbocycles. The van der Waals surface area contributed by atoms with Crippen molar-refractivity contribution in [2.75, 3.05) is 6.54 Å². The van der Waals surface area contributed by atoms with Gasteiger partial charge in [-0.3, -0.25) is 19.1 Å². The molecule has 0 radical (unpaired) electrons. The monoisotopic (exact) mass is 417 g/mol. The summed E-state index contributed by atoms with van der Waals surface area (Å²) in [5, 5.41) is 22.0. The van der Waals surface area contributed by atoms with Crippen molar-refractivity contribution in [2.24, 2.45) is 4.99 Å². The van der Waals surface area contributed by atoms with Crippen molar-refractivity contribution in [3.05, 3.63) is 38.7 Å². The highest BCUT2D eigenvalue weighted by Crippen LogP contribution is 2.36. The van der Waals surface area contributed by atoms with Gasteiger partial charge < -0.3 is 15.5 Å². The standard InChI is InChI=1S/C19H19N3O4S2/c1-11(17(25)20-8-4-7-16(23)24)22-18(26)15(28-19(22)27)9-12-10-21-14-6-3-2-5-13(12)14/h2-3,5-6,9-11,26H,4,7-8H2,1H3,(H,20,25)(H,23,24)/b12-9+. The number of hydrogen-bond donors (Lipinski definition) is 3. The first-order chi connectivity index (χ1) is 13.4. The summed E-state index contributed by atoms with van der Waals surface area (Å²) in [5.74, 6) is -1.32. The molecule has 7 nitrogen and oxygen atoms in total. The number of aromatic nitrogens is 1. The first-order valence-corrected chi connectivity index (χ1v) is 9.90. The van der Waals surface area contributed by atoms with Crippen LogP contribution in [-0.2, 0) is 9.59 Å². The van der Waals surface area contributed by atoms with Crippen molar-refractivity contribution in [3.63, 3.8) is 0 Å². The summed E-state index contributed by atoms with van der Waals surface area (Å²) in [6.45, 7) is 1.88. The molecule has 28 heavy (non-hydrogen) atoms. The second-order valence-corrected chi connectivity index (χ2v) is 7.94. The molecular formula is C19H19N3O4S2. The average molecular weight is 418 g/mol. The van der Waals surface area contributed by atoms with Crippen LogP contribution in [-0.4, -0.2) is 39.4 Å². The maximum absolute atomic E-state index is 12.3. The Morgan fingerprint density at radius 2 is 2.14 bits per heavy atom. The van der Waals surface area contributed by atoms with Gasteiger partial charge in [-0.2, -0.15) is 0 Å². The summed E-state index contributed by atoms with van der Waals surface area (Å²) in [6.07, 6.45) is 3.86. The van der Waals surface area contributed by atoms with Crippen LogP contribution in [0.1, 0.15) is 36.2 Å². The maximum Gasteiger partial charge on any atom is 0.303 e. The molecule has 1 aromatic heterocycles. The van der Waals surface area contributed by atoms with Gasteiger partial charge in [0.15, 0.2) is 3.95 Å². The molecule has 2 aromatic rings. The zero-order valence-corrected chi connectivity index (χ0v) is 16.7. The van der Waals surface area contributed by atoms with Crippen LogP contribution in [0.15, 0.2) is 29.3 Å². The van der Waals surface area contributed by atoms with Crippen LogP contribution in [0.25, 0.3) is 11.6 Å².